The highest BCUT2D eigenvalue weighted by Crippen LogP contribution is 2.33. The van der Waals surface area contributed by atoms with E-state index in [9.17, 15) is 4.39 Å². The van der Waals surface area contributed by atoms with Crippen LogP contribution in [0.4, 0.5) is 4.39 Å². The summed E-state index contributed by atoms with van der Waals surface area (Å²) in [5, 5.41) is 0.802. The van der Waals surface area contributed by atoms with Crippen molar-refractivity contribution in [1.29, 1.82) is 0 Å². The maximum Gasteiger partial charge on any atom is 0.165 e. The normalized spacial score (nSPS) is 10.6. The Hall–Kier alpha value is -0.940. The van der Waals surface area contributed by atoms with Crippen LogP contribution in [0.5, 0.6) is 5.75 Å². The molecular formula is C12H11BrFNOS. The largest absolute Gasteiger partial charge is 0.491 e. The van der Waals surface area contributed by atoms with Gasteiger partial charge in [0.1, 0.15) is 5.01 Å². The van der Waals surface area contributed by atoms with Gasteiger partial charge in [-0.3, -0.25) is 0 Å². The summed E-state index contributed by atoms with van der Waals surface area (Å²) in [7, 11) is 0. The average Bonchev–Trinajstić information content (AvgIpc) is 2.62. The first-order valence-electron chi connectivity index (χ1n) is 5.17. The molecule has 0 N–H and O–H groups in total. The van der Waals surface area contributed by atoms with Crippen molar-refractivity contribution in [1.82, 2.24) is 4.98 Å². The van der Waals surface area contributed by atoms with E-state index in [-0.39, 0.29) is 11.6 Å². The van der Waals surface area contributed by atoms with E-state index in [1.54, 1.807) is 6.07 Å². The molecule has 0 aliphatic rings. The predicted molar refractivity (Wildman–Crippen MR) is 71.1 cm³/mol. The van der Waals surface area contributed by atoms with Gasteiger partial charge in [0, 0.05) is 5.56 Å². The summed E-state index contributed by atoms with van der Waals surface area (Å²) in [6.45, 7) is 4.20. The molecule has 1 aromatic heterocycles. The number of hydrogen-bond donors (Lipinski definition) is 0. The molecule has 0 unspecified atom stereocenters. The van der Waals surface area contributed by atoms with Crippen molar-refractivity contribution >= 4 is 27.3 Å². The van der Waals surface area contributed by atoms with Crippen LogP contribution in [-0.2, 0) is 0 Å². The van der Waals surface area contributed by atoms with E-state index in [0.29, 0.717) is 6.61 Å². The quantitative estimate of drug-likeness (QED) is 0.836. The standard InChI is InChI=1S/C12H11BrFNOS/c1-3-16-10-5-4-8(6-9(10)14)12-15-7(2)11(13)17-12/h4-6H,3H2,1-2H3. The van der Waals surface area contributed by atoms with Crippen molar-refractivity contribution < 1.29 is 9.13 Å². The molecule has 2 aromatic rings. The van der Waals surface area contributed by atoms with Gasteiger partial charge < -0.3 is 4.74 Å². The van der Waals surface area contributed by atoms with Crippen molar-refractivity contribution in [3.05, 3.63) is 33.5 Å². The molecule has 0 bridgehead atoms. The second-order valence-electron chi connectivity index (χ2n) is 3.46. The maximum absolute atomic E-state index is 13.7. The van der Waals surface area contributed by atoms with Crippen molar-refractivity contribution in [2.45, 2.75) is 13.8 Å². The van der Waals surface area contributed by atoms with E-state index in [1.807, 2.05) is 19.9 Å². The van der Waals surface area contributed by atoms with Crippen molar-refractivity contribution in [3.8, 4) is 16.3 Å². The second kappa shape index (κ2) is 5.14. The number of hydrogen-bond acceptors (Lipinski definition) is 3. The highest BCUT2D eigenvalue weighted by atomic mass is 79.9. The Bertz CT molecular complexity index is 522. The van der Waals surface area contributed by atoms with Crippen LogP contribution in [0.2, 0.25) is 0 Å². The Morgan fingerprint density at radius 3 is 2.76 bits per heavy atom. The van der Waals surface area contributed by atoms with Gasteiger partial charge in [-0.1, -0.05) is 0 Å². The zero-order valence-electron chi connectivity index (χ0n) is 9.46. The summed E-state index contributed by atoms with van der Waals surface area (Å²) in [6, 6.07) is 4.91. The number of halogens is 2. The number of aromatic nitrogens is 1. The lowest BCUT2D eigenvalue weighted by atomic mass is 10.2. The molecule has 0 saturated carbocycles. The SMILES string of the molecule is CCOc1ccc(-c2nc(C)c(Br)s2)cc1F. The minimum atomic E-state index is -0.353. The lowest BCUT2D eigenvalue weighted by molar-refractivity contribution is 0.321. The first-order chi connectivity index (χ1) is 8.11. The Labute approximate surface area is 112 Å². The fourth-order valence-corrected chi connectivity index (χ4v) is 2.75. The minimum absolute atomic E-state index is 0.281. The number of benzene rings is 1. The maximum atomic E-state index is 13.7. The van der Waals surface area contributed by atoms with Gasteiger partial charge in [-0.25, -0.2) is 9.37 Å². The molecule has 0 atom stereocenters. The highest BCUT2D eigenvalue weighted by molar-refractivity contribution is 9.11. The molecule has 0 radical (unpaired) electrons. The molecular weight excluding hydrogens is 305 g/mol. The number of ether oxygens (including phenoxy) is 1. The Morgan fingerprint density at radius 1 is 1.47 bits per heavy atom. The number of rotatable bonds is 3. The van der Waals surface area contributed by atoms with Gasteiger partial charge in [0.15, 0.2) is 11.6 Å². The Kier molecular flexibility index (Phi) is 3.79. The third-order valence-electron chi connectivity index (χ3n) is 2.22. The zero-order valence-corrected chi connectivity index (χ0v) is 11.9. The molecule has 2 nitrogen and oxygen atoms in total. The van der Waals surface area contributed by atoms with Crippen LogP contribution in [0.25, 0.3) is 10.6 Å². The molecule has 17 heavy (non-hydrogen) atoms. The van der Waals surface area contributed by atoms with Gasteiger partial charge in [-0.2, -0.15) is 0 Å². The van der Waals surface area contributed by atoms with Gasteiger partial charge in [0.25, 0.3) is 0 Å². The molecule has 90 valence electrons. The van der Waals surface area contributed by atoms with Crippen LogP contribution in [0, 0.1) is 12.7 Å². The van der Waals surface area contributed by atoms with Gasteiger partial charge in [0.05, 0.1) is 16.1 Å². The van der Waals surface area contributed by atoms with Crippen molar-refractivity contribution in [3.63, 3.8) is 0 Å². The molecule has 1 heterocycles. The van der Waals surface area contributed by atoms with Crippen LogP contribution in [0.1, 0.15) is 12.6 Å². The summed E-state index contributed by atoms with van der Waals surface area (Å²) in [5.74, 6) is -0.0723. The number of thiazole rings is 1. The molecule has 0 amide bonds. The second-order valence-corrected chi connectivity index (χ2v) is 5.77. The summed E-state index contributed by atoms with van der Waals surface area (Å²) in [6.07, 6.45) is 0. The molecule has 0 spiro atoms. The first-order valence-corrected chi connectivity index (χ1v) is 6.78. The lowest BCUT2D eigenvalue weighted by Crippen LogP contribution is -1.94. The van der Waals surface area contributed by atoms with Gasteiger partial charge in [-0.15, -0.1) is 11.3 Å². The topological polar surface area (TPSA) is 22.1 Å². The fraction of sp³-hybridized carbons (Fsp3) is 0.250. The summed E-state index contributed by atoms with van der Waals surface area (Å²) >= 11 is 4.90. The lowest BCUT2D eigenvalue weighted by Gasteiger charge is -2.05. The van der Waals surface area contributed by atoms with Crippen LogP contribution in [0.3, 0.4) is 0 Å². The smallest absolute Gasteiger partial charge is 0.165 e. The number of nitrogens with zero attached hydrogens (tertiary/aromatic N) is 1. The van der Waals surface area contributed by atoms with Crippen LogP contribution in [0.15, 0.2) is 22.0 Å². The number of aryl methyl sites for hydroxylation is 1. The molecule has 1 aromatic carbocycles. The monoisotopic (exact) mass is 315 g/mol. The highest BCUT2D eigenvalue weighted by Gasteiger charge is 2.10. The first kappa shape index (κ1) is 12.5. The Balaban J connectivity index is 2.37. The van der Waals surface area contributed by atoms with Gasteiger partial charge in [0.2, 0.25) is 0 Å². The van der Waals surface area contributed by atoms with Crippen molar-refractivity contribution in [2.75, 3.05) is 6.61 Å². The third-order valence-corrected chi connectivity index (χ3v) is 4.27. The van der Waals surface area contributed by atoms with Gasteiger partial charge >= 0.3 is 0 Å². The van der Waals surface area contributed by atoms with E-state index >= 15 is 0 Å². The van der Waals surface area contributed by atoms with E-state index in [1.165, 1.54) is 17.4 Å². The Morgan fingerprint density at radius 2 is 2.24 bits per heavy atom. The van der Waals surface area contributed by atoms with Crippen LogP contribution >= 0.6 is 27.3 Å². The van der Waals surface area contributed by atoms with E-state index in [2.05, 4.69) is 20.9 Å². The summed E-state index contributed by atoms with van der Waals surface area (Å²) in [4.78, 5) is 4.36. The summed E-state index contributed by atoms with van der Waals surface area (Å²) in [5.41, 5.74) is 1.68. The molecule has 0 aliphatic heterocycles. The van der Waals surface area contributed by atoms with E-state index in [0.717, 1.165) is 20.1 Å². The molecule has 0 aliphatic carbocycles. The van der Waals surface area contributed by atoms with Crippen molar-refractivity contribution in [2.24, 2.45) is 0 Å². The molecule has 0 saturated heterocycles. The van der Waals surface area contributed by atoms with Crippen LogP contribution in [-0.4, -0.2) is 11.6 Å². The van der Waals surface area contributed by atoms with E-state index in [4.69, 9.17) is 4.74 Å². The predicted octanol–water partition coefficient (Wildman–Crippen LogP) is 4.42. The average molecular weight is 316 g/mol. The fourth-order valence-electron chi connectivity index (χ4n) is 1.41. The zero-order chi connectivity index (χ0) is 12.4. The molecule has 2 rings (SSSR count). The minimum Gasteiger partial charge on any atom is -0.491 e. The molecule has 0 fully saturated rings. The van der Waals surface area contributed by atoms with Gasteiger partial charge in [-0.05, 0) is 48.0 Å². The molecule has 5 heteroatoms. The van der Waals surface area contributed by atoms with E-state index < -0.39 is 0 Å². The van der Waals surface area contributed by atoms with Crippen LogP contribution < -0.4 is 4.74 Å². The third kappa shape index (κ3) is 2.66. The summed E-state index contributed by atoms with van der Waals surface area (Å²) < 4.78 is 19.8.